The highest BCUT2D eigenvalue weighted by atomic mass is 16.5. The third-order valence-corrected chi connectivity index (χ3v) is 2.44. The number of benzene rings is 1. The molecule has 0 heterocycles. The van der Waals surface area contributed by atoms with Crippen molar-refractivity contribution in [3.8, 4) is 5.75 Å². The van der Waals surface area contributed by atoms with Gasteiger partial charge in [0.05, 0.1) is 12.7 Å². The smallest absolute Gasteiger partial charge is 0.233 e. The minimum Gasteiger partial charge on any atom is -0.491 e. The third kappa shape index (κ3) is 6.22. The Labute approximate surface area is 107 Å². The molecule has 100 valence electrons. The Morgan fingerprint density at radius 1 is 1.33 bits per heavy atom. The van der Waals surface area contributed by atoms with Gasteiger partial charge in [-0.25, -0.2) is 5.84 Å². The molecule has 3 N–H and O–H groups in total. The molecule has 0 saturated carbocycles. The molecule has 5 nitrogen and oxygen atoms in total. The van der Waals surface area contributed by atoms with Crippen molar-refractivity contribution in [2.24, 2.45) is 5.84 Å². The maximum absolute atomic E-state index is 10.9. The van der Waals surface area contributed by atoms with Crippen LogP contribution in [0.4, 0.5) is 0 Å². The number of carbonyl (C=O) groups excluding carboxylic acids is 1. The average Bonchev–Trinajstić information content (AvgIpc) is 2.42. The van der Waals surface area contributed by atoms with Crippen molar-refractivity contribution >= 4 is 5.91 Å². The fourth-order valence-electron chi connectivity index (χ4n) is 1.42. The molecule has 0 aliphatic rings. The van der Waals surface area contributed by atoms with Crippen molar-refractivity contribution in [1.82, 2.24) is 5.43 Å². The molecule has 18 heavy (non-hydrogen) atoms. The topological polar surface area (TPSA) is 73.6 Å². The minimum absolute atomic E-state index is 0.0154. The van der Waals surface area contributed by atoms with E-state index >= 15 is 0 Å². The number of nitrogens with two attached hydrogens (primary N) is 1. The second-order valence-electron chi connectivity index (χ2n) is 3.95. The predicted molar refractivity (Wildman–Crippen MR) is 68.9 cm³/mol. The molecule has 0 aromatic heterocycles. The lowest BCUT2D eigenvalue weighted by Gasteiger charge is -2.13. The van der Waals surface area contributed by atoms with Crippen molar-refractivity contribution < 1.29 is 14.3 Å². The Morgan fingerprint density at radius 3 is 2.72 bits per heavy atom. The van der Waals surface area contributed by atoms with Crippen molar-refractivity contribution in [2.45, 2.75) is 25.9 Å². The first-order chi connectivity index (χ1) is 8.72. The molecule has 1 atom stereocenters. The number of hydrogen-bond donors (Lipinski definition) is 2. The van der Waals surface area contributed by atoms with Crippen LogP contribution >= 0.6 is 0 Å². The SMILES string of the molecule is CC(CCC(=O)NN)OCCOc1ccccc1. The molecule has 0 aliphatic heterocycles. The third-order valence-electron chi connectivity index (χ3n) is 2.44. The summed E-state index contributed by atoms with van der Waals surface area (Å²) in [4.78, 5) is 10.9. The number of carbonyl (C=O) groups is 1. The van der Waals surface area contributed by atoms with Crippen LogP contribution in [0.3, 0.4) is 0 Å². The van der Waals surface area contributed by atoms with Crippen LogP contribution in [0.15, 0.2) is 30.3 Å². The van der Waals surface area contributed by atoms with E-state index in [9.17, 15) is 4.79 Å². The number of rotatable bonds is 8. The number of hydrogen-bond acceptors (Lipinski definition) is 4. The summed E-state index contributed by atoms with van der Waals surface area (Å²) in [6.07, 6.45) is 1.03. The highest BCUT2D eigenvalue weighted by Crippen LogP contribution is 2.08. The van der Waals surface area contributed by atoms with E-state index < -0.39 is 0 Å². The van der Waals surface area contributed by atoms with Gasteiger partial charge in [0, 0.05) is 6.42 Å². The van der Waals surface area contributed by atoms with Gasteiger partial charge in [-0.15, -0.1) is 0 Å². The van der Waals surface area contributed by atoms with Crippen molar-refractivity contribution in [1.29, 1.82) is 0 Å². The van der Waals surface area contributed by atoms with Gasteiger partial charge in [-0.05, 0) is 25.5 Å². The van der Waals surface area contributed by atoms with E-state index in [1.165, 1.54) is 0 Å². The van der Waals surface area contributed by atoms with E-state index in [-0.39, 0.29) is 12.0 Å². The van der Waals surface area contributed by atoms with Gasteiger partial charge in [0.2, 0.25) is 5.91 Å². The van der Waals surface area contributed by atoms with Gasteiger partial charge >= 0.3 is 0 Å². The lowest BCUT2D eigenvalue weighted by molar-refractivity contribution is -0.121. The zero-order chi connectivity index (χ0) is 13.2. The quantitative estimate of drug-likeness (QED) is 0.316. The summed E-state index contributed by atoms with van der Waals surface area (Å²) in [5, 5.41) is 0. The first-order valence-corrected chi connectivity index (χ1v) is 6.01. The van der Waals surface area contributed by atoms with Gasteiger partial charge in [-0.2, -0.15) is 0 Å². The van der Waals surface area contributed by atoms with Crippen LogP contribution in [0.2, 0.25) is 0 Å². The lowest BCUT2D eigenvalue weighted by atomic mass is 10.2. The second kappa shape index (κ2) is 8.49. The maximum Gasteiger partial charge on any atom is 0.233 e. The van der Waals surface area contributed by atoms with E-state index in [4.69, 9.17) is 15.3 Å². The molecule has 0 saturated heterocycles. The molecular weight excluding hydrogens is 232 g/mol. The van der Waals surface area contributed by atoms with Crippen LogP contribution < -0.4 is 16.0 Å². The molecule has 0 bridgehead atoms. The van der Waals surface area contributed by atoms with Crippen LogP contribution in [0.25, 0.3) is 0 Å². The second-order valence-corrected chi connectivity index (χ2v) is 3.95. The molecule has 0 spiro atoms. The molecule has 0 aliphatic carbocycles. The zero-order valence-corrected chi connectivity index (χ0v) is 10.6. The van der Waals surface area contributed by atoms with Gasteiger partial charge in [0.25, 0.3) is 0 Å². The van der Waals surface area contributed by atoms with Crippen LogP contribution in [0, 0.1) is 0 Å². The molecule has 5 heteroatoms. The van der Waals surface area contributed by atoms with Gasteiger partial charge in [0.1, 0.15) is 12.4 Å². The van der Waals surface area contributed by atoms with Crippen molar-refractivity contribution in [3.63, 3.8) is 0 Å². The van der Waals surface area contributed by atoms with E-state index in [0.717, 1.165) is 5.75 Å². The number of amides is 1. The number of nitrogens with one attached hydrogen (secondary N) is 1. The number of para-hydroxylation sites is 1. The number of ether oxygens (including phenoxy) is 2. The monoisotopic (exact) mass is 252 g/mol. The largest absolute Gasteiger partial charge is 0.491 e. The molecule has 1 aromatic rings. The van der Waals surface area contributed by atoms with Gasteiger partial charge < -0.3 is 9.47 Å². The summed E-state index contributed by atoms with van der Waals surface area (Å²) < 4.78 is 11.0. The van der Waals surface area contributed by atoms with Crippen molar-refractivity contribution in [2.75, 3.05) is 13.2 Å². The predicted octanol–water partition coefficient (Wildman–Crippen LogP) is 1.24. The van der Waals surface area contributed by atoms with Crippen LogP contribution in [-0.2, 0) is 9.53 Å². The Hall–Kier alpha value is -1.59. The van der Waals surface area contributed by atoms with E-state index in [1.54, 1.807) is 0 Å². The Bertz CT molecular complexity index is 343. The van der Waals surface area contributed by atoms with E-state index in [1.807, 2.05) is 37.3 Å². The van der Waals surface area contributed by atoms with Crippen LogP contribution in [0.1, 0.15) is 19.8 Å². The average molecular weight is 252 g/mol. The van der Waals surface area contributed by atoms with Gasteiger partial charge in [-0.3, -0.25) is 10.2 Å². The van der Waals surface area contributed by atoms with E-state index in [0.29, 0.717) is 26.1 Å². The summed E-state index contributed by atoms with van der Waals surface area (Å²) in [5.74, 6) is 5.64. The fraction of sp³-hybridized carbons (Fsp3) is 0.462. The summed E-state index contributed by atoms with van der Waals surface area (Å²) in [6.45, 7) is 2.92. The molecular formula is C13H20N2O3. The Morgan fingerprint density at radius 2 is 2.06 bits per heavy atom. The highest BCUT2D eigenvalue weighted by Gasteiger charge is 2.05. The fourth-order valence-corrected chi connectivity index (χ4v) is 1.42. The number of hydrazine groups is 1. The first-order valence-electron chi connectivity index (χ1n) is 6.01. The van der Waals surface area contributed by atoms with Crippen LogP contribution in [0.5, 0.6) is 5.75 Å². The summed E-state index contributed by atoms with van der Waals surface area (Å²) in [6, 6.07) is 9.58. The standard InChI is InChI=1S/C13H20N2O3/c1-11(7-8-13(16)15-14)17-9-10-18-12-5-3-2-4-6-12/h2-6,11H,7-10,14H2,1H3,(H,15,16). The Balaban J connectivity index is 2.05. The maximum atomic E-state index is 10.9. The highest BCUT2D eigenvalue weighted by molar-refractivity contribution is 5.75. The normalized spacial score (nSPS) is 11.9. The van der Waals surface area contributed by atoms with Gasteiger partial charge in [0.15, 0.2) is 0 Å². The summed E-state index contributed by atoms with van der Waals surface area (Å²) in [7, 11) is 0. The molecule has 1 rings (SSSR count). The first kappa shape index (κ1) is 14.5. The molecule has 0 radical (unpaired) electrons. The molecule has 0 fully saturated rings. The summed E-state index contributed by atoms with van der Waals surface area (Å²) >= 11 is 0. The van der Waals surface area contributed by atoms with Crippen LogP contribution in [-0.4, -0.2) is 25.2 Å². The van der Waals surface area contributed by atoms with Gasteiger partial charge in [-0.1, -0.05) is 18.2 Å². The molecule has 1 aromatic carbocycles. The Kier molecular flexibility index (Phi) is 6.83. The molecule has 1 amide bonds. The summed E-state index contributed by atoms with van der Waals surface area (Å²) in [5.41, 5.74) is 2.09. The minimum atomic E-state index is -0.175. The van der Waals surface area contributed by atoms with E-state index in [2.05, 4.69) is 5.43 Å². The zero-order valence-electron chi connectivity index (χ0n) is 10.6. The lowest BCUT2D eigenvalue weighted by Crippen LogP contribution is -2.30. The molecule has 1 unspecified atom stereocenters. The van der Waals surface area contributed by atoms with Crippen molar-refractivity contribution in [3.05, 3.63) is 30.3 Å².